The molecule has 1 aliphatic rings. The summed E-state index contributed by atoms with van der Waals surface area (Å²) in [5, 5.41) is 8.96. The highest BCUT2D eigenvalue weighted by Crippen LogP contribution is 2.34. The number of esters is 1. The monoisotopic (exact) mass is 648 g/mol. The summed E-state index contributed by atoms with van der Waals surface area (Å²) < 4.78 is 18.7. The summed E-state index contributed by atoms with van der Waals surface area (Å²) in [7, 11) is 1.46. The zero-order chi connectivity index (χ0) is 27.6. The van der Waals surface area contributed by atoms with E-state index in [1.807, 2.05) is 53.8 Å². The number of methoxy groups -OCH3 is 1. The number of benzene rings is 2. The number of halogens is 1. The molecule has 198 valence electrons. The predicted molar refractivity (Wildman–Crippen MR) is 150 cm³/mol. The van der Waals surface area contributed by atoms with Gasteiger partial charge in [0.15, 0.2) is 22.9 Å². The molecule has 1 N–H and O–H groups in total. The molecule has 1 atom stereocenters. The Morgan fingerprint density at radius 3 is 2.55 bits per heavy atom. The quantitative estimate of drug-likeness (QED) is 0.295. The maximum atomic E-state index is 13.8. The van der Waals surface area contributed by atoms with Crippen molar-refractivity contribution in [3.05, 3.63) is 87.6 Å². The average molecular weight is 648 g/mol. The van der Waals surface area contributed by atoms with Crippen LogP contribution in [-0.2, 0) is 14.3 Å². The number of allylic oxidation sites excluding steroid dienone is 1. The van der Waals surface area contributed by atoms with E-state index in [1.54, 1.807) is 32.1 Å². The third-order valence-electron chi connectivity index (χ3n) is 5.80. The zero-order valence-electron chi connectivity index (χ0n) is 21.1. The maximum Gasteiger partial charge on any atom is 0.341 e. The molecule has 0 aliphatic carbocycles. The first-order valence-corrected chi connectivity index (χ1v) is 13.5. The van der Waals surface area contributed by atoms with Crippen molar-refractivity contribution in [3.63, 3.8) is 0 Å². The molecule has 2 heterocycles. The number of hydrogen-bond acceptors (Lipinski definition) is 8. The van der Waals surface area contributed by atoms with Gasteiger partial charge in [-0.2, -0.15) is 0 Å². The third kappa shape index (κ3) is 5.53. The summed E-state index contributed by atoms with van der Waals surface area (Å²) >= 11 is 3.25. The Morgan fingerprint density at radius 1 is 1.21 bits per heavy atom. The van der Waals surface area contributed by atoms with Gasteiger partial charge >= 0.3 is 11.9 Å². The van der Waals surface area contributed by atoms with Gasteiger partial charge in [-0.25, -0.2) is 14.6 Å². The summed E-state index contributed by atoms with van der Waals surface area (Å²) in [6.07, 6.45) is 1.71. The molecule has 0 fully saturated rings. The van der Waals surface area contributed by atoms with Gasteiger partial charge in [-0.15, -0.1) is 0 Å². The van der Waals surface area contributed by atoms with Crippen molar-refractivity contribution in [1.29, 1.82) is 0 Å². The van der Waals surface area contributed by atoms with E-state index in [0.29, 0.717) is 41.2 Å². The van der Waals surface area contributed by atoms with Crippen LogP contribution in [0.3, 0.4) is 0 Å². The number of carbonyl (C=O) groups excluding carboxylic acids is 1. The number of hydrogen-bond donors (Lipinski definition) is 1. The molecule has 0 saturated heterocycles. The molecule has 0 radical (unpaired) electrons. The summed E-state index contributed by atoms with van der Waals surface area (Å²) in [5.74, 6) is -0.961. The van der Waals surface area contributed by atoms with Gasteiger partial charge < -0.3 is 19.3 Å². The normalized spacial score (nSPS) is 15.1. The van der Waals surface area contributed by atoms with Crippen LogP contribution in [0.15, 0.2) is 57.5 Å². The van der Waals surface area contributed by atoms with E-state index in [-0.39, 0.29) is 12.2 Å². The van der Waals surface area contributed by atoms with Crippen LogP contribution in [0.4, 0.5) is 0 Å². The van der Waals surface area contributed by atoms with E-state index in [2.05, 4.69) is 4.99 Å². The molecule has 38 heavy (non-hydrogen) atoms. The summed E-state index contributed by atoms with van der Waals surface area (Å²) in [5.41, 5.74) is 3.01. The minimum absolute atomic E-state index is 0.202. The highest BCUT2D eigenvalue weighted by molar-refractivity contribution is 14.1. The van der Waals surface area contributed by atoms with E-state index < -0.39 is 24.6 Å². The molecule has 1 aromatic heterocycles. The molecule has 0 amide bonds. The molecule has 0 bridgehead atoms. The van der Waals surface area contributed by atoms with E-state index >= 15 is 0 Å². The van der Waals surface area contributed by atoms with Gasteiger partial charge in [0.05, 0.1) is 39.1 Å². The summed E-state index contributed by atoms with van der Waals surface area (Å²) in [4.78, 5) is 42.8. The number of carboxylic acid groups (broad SMARTS) is 1. The third-order valence-corrected chi connectivity index (χ3v) is 7.58. The maximum absolute atomic E-state index is 13.8. The second-order valence-corrected chi connectivity index (χ2v) is 10.6. The van der Waals surface area contributed by atoms with Crippen LogP contribution >= 0.6 is 33.9 Å². The molecule has 2 aromatic carbocycles. The number of thiazole rings is 1. The number of aromatic nitrogens is 1. The molecule has 9 nitrogen and oxygen atoms in total. The molecule has 0 unspecified atom stereocenters. The SMILES string of the molecule is CCOC(=O)C1=C(C)N=c2s/c(=C/c3cc(I)c(OCC(=O)O)c(OC)c3)c(=O)n2[C@H]1c1ccc(C)cc1. The highest BCUT2D eigenvalue weighted by Gasteiger charge is 2.33. The zero-order valence-corrected chi connectivity index (χ0v) is 24.1. The van der Waals surface area contributed by atoms with Crippen molar-refractivity contribution in [1.82, 2.24) is 4.57 Å². The number of nitrogens with zero attached hydrogens (tertiary/aromatic N) is 2. The number of aliphatic carboxylic acids is 1. The number of carboxylic acids is 1. The lowest BCUT2D eigenvalue weighted by Crippen LogP contribution is -2.39. The number of fused-ring (bicyclic) bond motifs is 1. The first-order valence-electron chi connectivity index (χ1n) is 11.6. The molecule has 0 spiro atoms. The van der Waals surface area contributed by atoms with Crippen LogP contribution in [0.5, 0.6) is 11.5 Å². The Balaban J connectivity index is 1.88. The van der Waals surface area contributed by atoms with E-state index in [9.17, 15) is 14.4 Å². The van der Waals surface area contributed by atoms with E-state index in [1.165, 1.54) is 23.0 Å². The van der Waals surface area contributed by atoms with Gasteiger partial charge in [0.25, 0.3) is 5.56 Å². The minimum atomic E-state index is -1.10. The Bertz CT molecular complexity index is 1620. The van der Waals surface area contributed by atoms with E-state index in [4.69, 9.17) is 19.3 Å². The van der Waals surface area contributed by atoms with Crippen molar-refractivity contribution >= 4 is 51.9 Å². The highest BCUT2D eigenvalue weighted by atomic mass is 127. The number of aryl methyl sites for hydroxylation is 1. The Hall–Kier alpha value is -3.45. The van der Waals surface area contributed by atoms with Gasteiger partial charge in [-0.1, -0.05) is 41.2 Å². The lowest BCUT2D eigenvalue weighted by Gasteiger charge is -2.24. The van der Waals surface area contributed by atoms with Crippen LogP contribution in [-0.4, -0.2) is 41.9 Å². The topological polar surface area (TPSA) is 116 Å². The Labute approximate surface area is 235 Å². The van der Waals surface area contributed by atoms with E-state index in [0.717, 1.165) is 11.1 Å². The van der Waals surface area contributed by atoms with Crippen LogP contribution in [0.25, 0.3) is 6.08 Å². The van der Waals surface area contributed by atoms with Crippen molar-refractivity contribution in [2.75, 3.05) is 20.3 Å². The standard InChI is InChI=1S/C27H25IN2O7S/c1-5-36-26(34)22-15(3)29-27-30(23(22)17-8-6-14(2)7-9-17)25(33)20(38-27)12-16-10-18(28)24(19(11-16)35-4)37-13-21(31)32/h6-12,23H,5,13H2,1-4H3,(H,31,32)/b20-12+/t23-/m0/s1. The van der Waals surface area contributed by atoms with Crippen molar-refractivity contribution < 1.29 is 28.9 Å². The van der Waals surface area contributed by atoms with Crippen molar-refractivity contribution in [2.24, 2.45) is 4.99 Å². The fourth-order valence-corrected chi connectivity index (χ4v) is 5.93. The minimum Gasteiger partial charge on any atom is -0.493 e. The number of ether oxygens (including phenoxy) is 3. The van der Waals surface area contributed by atoms with Gasteiger partial charge in [-0.05, 0) is 72.7 Å². The first-order chi connectivity index (χ1) is 18.1. The van der Waals surface area contributed by atoms with Crippen LogP contribution < -0.4 is 24.4 Å². The molecular formula is C27H25IN2O7S. The second kappa shape index (κ2) is 11.5. The van der Waals surface area contributed by atoms with Crippen LogP contribution in [0.1, 0.15) is 36.6 Å². The molecule has 4 rings (SSSR count). The van der Waals surface area contributed by atoms with Crippen LogP contribution in [0, 0.1) is 10.5 Å². The van der Waals surface area contributed by atoms with Gasteiger partial charge in [0.1, 0.15) is 0 Å². The Morgan fingerprint density at radius 2 is 1.92 bits per heavy atom. The van der Waals surface area contributed by atoms with Gasteiger partial charge in [0, 0.05) is 0 Å². The van der Waals surface area contributed by atoms with Gasteiger partial charge in [0.2, 0.25) is 0 Å². The largest absolute Gasteiger partial charge is 0.493 e. The number of carbonyl (C=O) groups is 2. The fraction of sp³-hybridized carbons (Fsp3) is 0.259. The fourth-order valence-electron chi connectivity index (χ4n) is 4.10. The smallest absolute Gasteiger partial charge is 0.341 e. The second-order valence-electron chi connectivity index (χ2n) is 8.43. The van der Waals surface area contributed by atoms with Gasteiger partial charge in [-0.3, -0.25) is 9.36 Å². The summed E-state index contributed by atoms with van der Waals surface area (Å²) in [6.45, 7) is 5.14. The Kier molecular flexibility index (Phi) is 8.36. The summed E-state index contributed by atoms with van der Waals surface area (Å²) in [6, 6.07) is 10.4. The molecule has 11 heteroatoms. The molecular weight excluding hydrogens is 623 g/mol. The molecule has 3 aromatic rings. The lowest BCUT2D eigenvalue weighted by molar-refractivity contribution is -0.140. The average Bonchev–Trinajstić information content (AvgIpc) is 3.16. The van der Waals surface area contributed by atoms with Crippen molar-refractivity contribution in [2.45, 2.75) is 26.8 Å². The van der Waals surface area contributed by atoms with Crippen molar-refractivity contribution in [3.8, 4) is 11.5 Å². The number of rotatable bonds is 8. The first kappa shape index (κ1) is 27.6. The molecule has 0 saturated carbocycles. The lowest BCUT2D eigenvalue weighted by atomic mass is 9.95. The van der Waals surface area contributed by atoms with Crippen LogP contribution in [0.2, 0.25) is 0 Å². The molecule has 1 aliphatic heterocycles. The predicted octanol–water partition coefficient (Wildman–Crippen LogP) is 3.18.